The van der Waals surface area contributed by atoms with E-state index < -0.39 is 18.2 Å². The molecule has 0 aliphatic heterocycles. The third-order valence-corrected chi connectivity index (χ3v) is 6.73. The van der Waals surface area contributed by atoms with E-state index in [9.17, 15) is 14.0 Å². The predicted molar refractivity (Wildman–Crippen MR) is 159 cm³/mol. The quantitative estimate of drug-likeness (QED) is 0.132. The maximum absolute atomic E-state index is 13.8. The minimum atomic E-state index is -1.17. The Morgan fingerprint density at radius 3 is 2.26 bits per heavy atom. The number of hydrogen-bond acceptors (Lipinski definition) is 6. The molecule has 210 valence electrons. The number of nitrogens with one attached hydrogen (secondary N) is 1. The Hall–Kier alpha value is -2.78. The first-order chi connectivity index (χ1) is 18.2. The molecule has 10 heteroatoms. The Balaban J connectivity index is 0.000000258. The minimum Gasteiger partial charge on any atom is -0.481 e. The van der Waals surface area contributed by atoms with Crippen LogP contribution in [0.4, 0.5) is 10.1 Å². The van der Waals surface area contributed by atoms with Crippen LogP contribution in [0.3, 0.4) is 0 Å². The summed E-state index contributed by atoms with van der Waals surface area (Å²) in [6, 6.07) is 12.7. The average Bonchev–Trinajstić information content (AvgIpc) is 3.71. The van der Waals surface area contributed by atoms with Crippen LogP contribution < -0.4 is 15.8 Å². The van der Waals surface area contributed by atoms with Gasteiger partial charge in [-0.2, -0.15) is 0 Å². The number of carboxylic acid groups (broad SMARTS) is 1. The molecule has 4 rings (SSSR count). The summed E-state index contributed by atoms with van der Waals surface area (Å²) in [6.07, 6.45) is 2.79. The Morgan fingerprint density at radius 2 is 1.77 bits per heavy atom. The third-order valence-electron chi connectivity index (χ3n) is 5.60. The molecule has 39 heavy (non-hydrogen) atoms. The first-order valence-electron chi connectivity index (χ1n) is 12.1. The van der Waals surface area contributed by atoms with Gasteiger partial charge in [0, 0.05) is 27.6 Å². The van der Waals surface area contributed by atoms with Gasteiger partial charge in [-0.3, -0.25) is 9.59 Å². The molecular formula is C29H33Cl2FN2O4S. The highest BCUT2D eigenvalue weighted by molar-refractivity contribution is 7.80. The number of nitrogen functional groups attached to an aromatic ring is 1. The largest absolute Gasteiger partial charge is 0.481 e. The highest BCUT2D eigenvalue weighted by atomic mass is 35.5. The van der Waals surface area contributed by atoms with Crippen molar-refractivity contribution in [1.29, 1.82) is 0 Å². The lowest BCUT2D eigenvalue weighted by Gasteiger charge is -2.15. The number of anilines is 1. The average molecular weight is 596 g/mol. The Labute approximate surface area is 244 Å². The molecule has 0 unspecified atom stereocenters. The zero-order valence-electron chi connectivity index (χ0n) is 22.2. The van der Waals surface area contributed by atoms with Crippen LogP contribution in [-0.4, -0.2) is 29.9 Å². The lowest BCUT2D eigenvalue weighted by Crippen LogP contribution is -2.31. The van der Waals surface area contributed by atoms with Crippen molar-refractivity contribution in [2.24, 2.45) is 0 Å². The van der Waals surface area contributed by atoms with Crippen LogP contribution >= 0.6 is 35.8 Å². The number of carbonyl (C=O) groups is 2. The molecule has 4 N–H and O–H groups in total. The van der Waals surface area contributed by atoms with Gasteiger partial charge in [0.1, 0.15) is 23.6 Å². The van der Waals surface area contributed by atoms with E-state index in [2.05, 4.69) is 44.8 Å². The molecule has 6 nitrogen and oxygen atoms in total. The van der Waals surface area contributed by atoms with E-state index in [1.165, 1.54) is 42.7 Å². The molecule has 0 radical (unpaired) electrons. The second-order valence-electron chi connectivity index (χ2n) is 9.95. The summed E-state index contributed by atoms with van der Waals surface area (Å²) < 4.78 is 19.3. The predicted octanol–water partition coefficient (Wildman–Crippen LogP) is 7.80. The lowest BCUT2D eigenvalue weighted by molar-refractivity contribution is -0.136. The molecule has 0 spiro atoms. The smallest absolute Gasteiger partial charge is 0.307 e. The number of rotatable bonds is 6. The van der Waals surface area contributed by atoms with E-state index in [-0.39, 0.29) is 27.8 Å². The fourth-order valence-electron chi connectivity index (χ4n) is 2.99. The van der Waals surface area contributed by atoms with Crippen molar-refractivity contribution in [3.63, 3.8) is 0 Å². The summed E-state index contributed by atoms with van der Waals surface area (Å²) in [7, 11) is 1.96. The van der Waals surface area contributed by atoms with Crippen LogP contribution in [0.25, 0.3) is 0 Å². The zero-order chi connectivity index (χ0) is 29.3. The van der Waals surface area contributed by atoms with Gasteiger partial charge in [0.25, 0.3) is 0 Å². The molecule has 1 saturated carbocycles. The van der Waals surface area contributed by atoms with E-state index in [0.29, 0.717) is 17.4 Å². The fraction of sp³-hybridized carbons (Fsp3) is 0.310. The number of aliphatic carboxylic acids is 1. The van der Waals surface area contributed by atoms with E-state index in [1.54, 1.807) is 0 Å². The minimum absolute atomic E-state index is 0.00106. The van der Waals surface area contributed by atoms with E-state index in [1.807, 2.05) is 19.2 Å². The number of carbonyl (C=O) groups excluding carboxylic acids is 1. The van der Waals surface area contributed by atoms with E-state index in [4.69, 9.17) is 38.8 Å². The standard InChI is InChI=1S/C15H11ClFNO4.C9H9ClS.C5H13N/c16-10-4-9(5-15(20)21)11(17)6-14(10)22-13-2-1-8(7-19)3-12(13)18;10-8-5-7(6-1-2-6)3-4-9(8)11;1-5(2,3)6-4/h1-4,6-7H,5,18H2,(H,20,21);3-6,11H,1-2H2;6H,1-4H3. The Bertz CT molecular complexity index is 1310. The molecular weight excluding hydrogens is 562 g/mol. The van der Waals surface area contributed by atoms with Gasteiger partial charge in [0.15, 0.2) is 0 Å². The number of hydrogen-bond donors (Lipinski definition) is 4. The topological polar surface area (TPSA) is 102 Å². The molecule has 0 aromatic heterocycles. The van der Waals surface area contributed by atoms with Crippen LogP contribution in [0.15, 0.2) is 53.4 Å². The summed E-state index contributed by atoms with van der Waals surface area (Å²) in [5, 5.41) is 12.6. The van der Waals surface area contributed by atoms with Crippen LogP contribution in [0, 0.1) is 5.82 Å². The molecule has 0 atom stereocenters. The number of aldehydes is 1. The maximum atomic E-state index is 13.8. The number of benzene rings is 3. The number of nitrogens with two attached hydrogens (primary N) is 1. The SMILES string of the molecule is CNC(C)(C)C.Nc1cc(C=O)ccc1Oc1cc(F)c(CC(=O)O)cc1Cl.Sc1ccc(C2CC2)cc1Cl. The van der Waals surface area contributed by atoms with Crippen LogP contribution in [0.5, 0.6) is 11.5 Å². The monoisotopic (exact) mass is 594 g/mol. The van der Waals surface area contributed by atoms with Crippen molar-refractivity contribution in [3.05, 3.63) is 81.1 Å². The number of halogens is 3. The summed E-state index contributed by atoms with van der Waals surface area (Å²) >= 11 is 16.1. The molecule has 0 heterocycles. The number of ether oxygens (including phenoxy) is 1. The van der Waals surface area contributed by atoms with Crippen LogP contribution in [0.1, 0.15) is 61.0 Å². The molecule has 3 aromatic rings. The highest BCUT2D eigenvalue weighted by Crippen LogP contribution is 2.41. The molecule has 1 fully saturated rings. The maximum Gasteiger partial charge on any atom is 0.307 e. The summed E-state index contributed by atoms with van der Waals surface area (Å²) in [5.41, 5.74) is 7.91. The van der Waals surface area contributed by atoms with Crippen molar-refractivity contribution < 1.29 is 23.8 Å². The molecule has 3 aromatic carbocycles. The molecule has 0 bridgehead atoms. The van der Waals surface area contributed by atoms with Crippen LogP contribution in [0.2, 0.25) is 10.0 Å². The molecule has 0 amide bonds. The second-order valence-corrected chi connectivity index (χ2v) is 11.2. The summed E-state index contributed by atoms with van der Waals surface area (Å²) in [6.45, 7) is 6.40. The lowest BCUT2D eigenvalue weighted by atomic mass is 10.1. The van der Waals surface area contributed by atoms with Gasteiger partial charge in [0.05, 0.1) is 22.2 Å². The van der Waals surface area contributed by atoms with Gasteiger partial charge in [-0.05, 0) is 88.5 Å². The van der Waals surface area contributed by atoms with Gasteiger partial charge in [-0.15, -0.1) is 12.6 Å². The second kappa shape index (κ2) is 14.6. The van der Waals surface area contributed by atoms with Gasteiger partial charge >= 0.3 is 5.97 Å². The van der Waals surface area contributed by atoms with Gasteiger partial charge < -0.3 is 20.9 Å². The van der Waals surface area contributed by atoms with E-state index in [0.717, 1.165) is 21.9 Å². The van der Waals surface area contributed by atoms with Gasteiger partial charge in [-0.25, -0.2) is 4.39 Å². The summed E-state index contributed by atoms with van der Waals surface area (Å²) in [5.74, 6) is -0.930. The van der Waals surface area contributed by atoms with Crippen molar-refractivity contribution in [2.45, 2.75) is 56.4 Å². The third kappa shape index (κ3) is 11.1. The van der Waals surface area contributed by atoms with Crippen LogP contribution in [-0.2, 0) is 11.2 Å². The fourth-order valence-corrected chi connectivity index (χ4v) is 3.54. The van der Waals surface area contributed by atoms with Crippen molar-refractivity contribution in [3.8, 4) is 11.5 Å². The van der Waals surface area contributed by atoms with Gasteiger partial charge in [-0.1, -0.05) is 29.3 Å². The Morgan fingerprint density at radius 1 is 1.13 bits per heavy atom. The van der Waals surface area contributed by atoms with E-state index >= 15 is 0 Å². The molecule has 1 aliphatic carbocycles. The summed E-state index contributed by atoms with van der Waals surface area (Å²) in [4.78, 5) is 22.1. The van der Waals surface area contributed by atoms with Crippen molar-refractivity contribution in [1.82, 2.24) is 5.32 Å². The molecule has 1 aliphatic rings. The van der Waals surface area contributed by atoms with Crippen molar-refractivity contribution >= 4 is 53.8 Å². The Kier molecular flexibility index (Phi) is 12.1. The molecule has 0 saturated heterocycles. The van der Waals surface area contributed by atoms with Crippen molar-refractivity contribution in [2.75, 3.05) is 12.8 Å². The number of carboxylic acids is 1. The van der Waals surface area contributed by atoms with Gasteiger partial charge in [0.2, 0.25) is 0 Å². The normalized spacial score (nSPS) is 12.4. The highest BCUT2D eigenvalue weighted by Gasteiger charge is 2.23. The first kappa shape index (κ1) is 32.4. The zero-order valence-corrected chi connectivity index (χ0v) is 24.6. The number of thiol groups is 1. The first-order valence-corrected chi connectivity index (χ1v) is 13.3.